The number of carbonyl (C=O) groups excluding carboxylic acids is 1. The van der Waals surface area contributed by atoms with E-state index in [2.05, 4.69) is 10.6 Å². The Morgan fingerprint density at radius 3 is 2.75 bits per heavy atom. The van der Waals surface area contributed by atoms with Gasteiger partial charge in [-0.3, -0.25) is 5.32 Å². The second-order valence-electron chi connectivity index (χ2n) is 3.07. The van der Waals surface area contributed by atoms with Crippen molar-refractivity contribution in [3.8, 4) is 0 Å². The maximum atomic E-state index is 11.5. The van der Waals surface area contributed by atoms with Gasteiger partial charge in [-0.2, -0.15) is 0 Å². The highest BCUT2D eigenvalue weighted by atomic mass is 35.5. The van der Waals surface area contributed by atoms with Crippen LogP contribution in [0.3, 0.4) is 0 Å². The lowest BCUT2D eigenvalue weighted by atomic mass is 10.3. The Balaban J connectivity index is 1.97. The summed E-state index contributed by atoms with van der Waals surface area (Å²) in [5.74, 6) is 0. The van der Waals surface area contributed by atoms with E-state index < -0.39 is 0 Å². The van der Waals surface area contributed by atoms with Crippen LogP contribution < -0.4 is 10.6 Å². The van der Waals surface area contributed by atoms with Crippen molar-refractivity contribution < 1.29 is 4.79 Å². The molecule has 0 aliphatic carbocycles. The fourth-order valence-electron chi connectivity index (χ4n) is 1.19. The van der Waals surface area contributed by atoms with Gasteiger partial charge in [-0.05, 0) is 35.7 Å². The molecule has 0 unspecified atom stereocenters. The van der Waals surface area contributed by atoms with Crippen molar-refractivity contribution in [1.82, 2.24) is 0 Å². The van der Waals surface area contributed by atoms with Gasteiger partial charge in [0.1, 0.15) is 0 Å². The Kier molecular flexibility index (Phi) is 3.44. The molecule has 0 aliphatic heterocycles. The van der Waals surface area contributed by atoms with Gasteiger partial charge in [-0.1, -0.05) is 17.7 Å². The maximum Gasteiger partial charge on any atom is 0.324 e. The quantitative estimate of drug-likeness (QED) is 0.832. The molecule has 16 heavy (non-hydrogen) atoms. The van der Waals surface area contributed by atoms with Gasteiger partial charge in [0.2, 0.25) is 0 Å². The number of urea groups is 1. The molecule has 0 saturated carbocycles. The molecule has 3 nitrogen and oxygen atoms in total. The van der Waals surface area contributed by atoms with Crippen LogP contribution in [0.1, 0.15) is 0 Å². The average molecular weight is 253 g/mol. The van der Waals surface area contributed by atoms with Crippen LogP contribution >= 0.6 is 22.9 Å². The summed E-state index contributed by atoms with van der Waals surface area (Å²) in [6, 6.07) is 10.4. The lowest BCUT2D eigenvalue weighted by Crippen LogP contribution is -2.18. The highest BCUT2D eigenvalue weighted by Crippen LogP contribution is 2.17. The molecule has 5 heteroatoms. The number of thiophene rings is 1. The van der Waals surface area contributed by atoms with E-state index in [4.69, 9.17) is 11.6 Å². The van der Waals surface area contributed by atoms with Crippen LogP contribution in [0.2, 0.25) is 5.02 Å². The number of hydrogen-bond donors (Lipinski definition) is 2. The molecule has 0 saturated heterocycles. The molecule has 1 heterocycles. The summed E-state index contributed by atoms with van der Waals surface area (Å²) in [5, 5.41) is 8.70. The molecule has 82 valence electrons. The zero-order valence-electron chi connectivity index (χ0n) is 8.24. The molecule has 0 aliphatic rings. The number of benzene rings is 1. The Morgan fingerprint density at radius 1 is 1.19 bits per heavy atom. The zero-order valence-corrected chi connectivity index (χ0v) is 9.81. The van der Waals surface area contributed by atoms with Crippen molar-refractivity contribution in [1.29, 1.82) is 0 Å². The maximum absolute atomic E-state index is 11.5. The zero-order chi connectivity index (χ0) is 11.4. The summed E-state index contributed by atoms with van der Waals surface area (Å²) < 4.78 is 0. The number of amides is 2. The van der Waals surface area contributed by atoms with Crippen LogP contribution in [0.5, 0.6) is 0 Å². The predicted octanol–water partition coefficient (Wildman–Crippen LogP) is 4.05. The highest BCUT2D eigenvalue weighted by Gasteiger charge is 2.02. The van der Waals surface area contributed by atoms with Crippen molar-refractivity contribution in [3.05, 3.63) is 46.8 Å². The predicted molar refractivity (Wildman–Crippen MR) is 68.4 cm³/mol. The van der Waals surface area contributed by atoms with Crippen molar-refractivity contribution in [2.24, 2.45) is 0 Å². The van der Waals surface area contributed by atoms with Gasteiger partial charge in [-0.25, -0.2) is 4.79 Å². The lowest BCUT2D eigenvalue weighted by molar-refractivity contribution is 0.262. The largest absolute Gasteiger partial charge is 0.324 e. The molecule has 0 fully saturated rings. The van der Waals surface area contributed by atoms with E-state index in [-0.39, 0.29) is 6.03 Å². The van der Waals surface area contributed by atoms with Crippen LogP contribution in [0.15, 0.2) is 41.8 Å². The molecule has 1 aromatic carbocycles. The van der Waals surface area contributed by atoms with Crippen molar-refractivity contribution in [2.45, 2.75) is 0 Å². The second kappa shape index (κ2) is 5.01. The third kappa shape index (κ3) is 2.98. The highest BCUT2D eigenvalue weighted by molar-refractivity contribution is 7.14. The molecular weight excluding hydrogens is 244 g/mol. The molecule has 2 amide bonds. The monoisotopic (exact) mass is 252 g/mol. The van der Waals surface area contributed by atoms with Gasteiger partial charge in [0.25, 0.3) is 0 Å². The van der Waals surface area contributed by atoms with Crippen LogP contribution in [0.4, 0.5) is 15.5 Å². The van der Waals surface area contributed by atoms with Gasteiger partial charge in [0.15, 0.2) is 0 Å². The Labute approximate surface area is 102 Å². The standard InChI is InChI=1S/C11H9ClN2OS/c12-8-3-1-4-9(7-8)13-11(15)14-10-5-2-6-16-10/h1-7H,(H2,13,14,15). The minimum Gasteiger partial charge on any atom is -0.308 e. The van der Waals surface area contributed by atoms with E-state index in [1.54, 1.807) is 24.3 Å². The SMILES string of the molecule is O=C(Nc1cccc(Cl)c1)Nc1cccs1. The van der Waals surface area contributed by atoms with Gasteiger partial charge in [0.05, 0.1) is 5.00 Å². The first-order valence-corrected chi connectivity index (χ1v) is 5.87. The van der Waals surface area contributed by atoms with Gasteiger partial charge < -0.3 is 5.32 Å². The topological polar surface area (TPSA) is 41.1 Å². The second-order valence-corrected chi connectivity index (χ2v) is 4.45. The number of hydrogen-bond acceptors (Lipinski definition) is 2. The molecule has 2 aromatic rings. The fraction of sp³-hybridized carbons (Fsp3) is 0. The van der Waals surface area contributed by atoms with Crippen LogP contribution in [0, 0.1) is 0 Å². The number of halogens is 1. The first-order chi connectivity index (χ1) is 7.74. The van der Waals surface area contributed by atoms with Crippen LogP contribution in [0.25, 0.3) is 0 Å². The third-order valence-electron chi connectivity index (χ3n) is 1.84. The summed E-state index contributed by atoms with van der Waals surface area (Å²) in [6.07, 6.45) is 0. The van der Waals surface area contributed by atoms with Crippen molar-refractivity contribution in [2.75, 3.05) is 10.6 Å². The van der Waals surface area contributed by atoms with E-state index in [0.29, 0.717) is 10.7 Å². The summed E-state index contributed by atoms with van der Waals surface area (Å²) in [4.78, 5) is 11.5. The Hall–Kier alpha value is -1.52. The minimum absolute atomic E-state index is 0.273. The van der Waals surface area contributed by atoms with Crippen molar-refractivity contribution >= 4 is 39.7 Å². The Bertz CT molecular complexity index is 484. The number of rotatable bonds is 2. The van der Waals surface area contributed by atoms with E-state index in [9.17, 15) is 4.79 Å². The van der Waals surface area contributed by atoms with E-state index in [0.717, 1.165) is 5.00 Å². The Morgan fingerprint density at radius 2 is 2.06 bits per heavy atom. The number of anilines is 2. The molecule has 2 rings (SSSR count). The molecule has 0 spiro atoms. The molecule has 0 atom stereocenters. The van der Waals surface area contributed by atoms with Gasteiger partial charge in [0, 0.05) is 10.7 Å². The molecular formula is C11H9ClN2OS. The lowest BCUT2D eigenvalue weighted by Gasteiger charge is -2.05. The van der Waals surface area contributed by atoms with E-state index in [1.165, 1.54) is 11.3 Å². The smallest absolute Gasteiger partial charge is 0.308 e. The normalized spacial score (nSPS) is 9.81. The first kappa shape index (κ1) is 11.0. The summed E-state index contributed by atoms with van der Waals surface area (Å²) in [6.45, 7) is 0. The first-order valence-electron chi connectivity index (χ1n) is 4.61. The third-order valence-corrected chi connectivity index (χ3v) is 2.86. The van der Waals surface area contributed by atoms with Gasteiger partial charge >= 0.3 is 6.03 Å². The molecule has 0 radical (unpaired) electrons. The average Bonchev–Trinajstić information content (AvgIpc) is 2.70. The number of nitrogens with one attached hydrogen (secondary N) is 2. The van der Waals surface area contributed by atoms with E-state index in [1.807, 2.05) is 17.5 Å². The molecule has 1 aromatic heterocycles. The number of carbonyl (C=O) groups is 1. The van der Waals surface area contributed by atoms with Crippen LogP contribution in [-0.4, -0.2) is 6.03 Å². The van der Waals surface area contributed by atoms with Crippen LogP contribution in [-0.2, 0) is 0 Å². The van der Waals surface area contributed by atoms with Gasteiger partial charge in [-0.15, -0.1) is 11.3 Å². The van der Waals surface area contributed by atoms with E-state index >= 15 is 0 Å². The summed E-state index contributed by atoms with van der Waals surface area (Å²) in [7, 11) is 0. The summed E-state index contributed by atoms with van der Waals surface area (Å²) in [5.41, 5.74) is 0.668. The molecule has 0 bridgehead atoms. The molecule has 2 N–H and O–H groups in total. The minimum atomic E-state index is -0.273. The van der Waals surface area contributed by atoms with Crippen molar-refractivity contribution in [3.63, 3.8) is 0 Å². The fourth-order valence-corrected chi connectivity index (χ4v) is 1.99. The summed E-state index contributed by atoms with van der Waals surface area (Å²) >= 11 is 7.27.